The topological polar surface area (TPSA) is 74.4 Å². The van der Waals surface area contributed by atoms with Gasteiger partial charge in [0.15, 0.2) is 11.8 Å². The maximum Gasteiger partial charge on any atom is 0.389 e. The van der Waals surface area contributed by atoms with Gasteiger partial charge in [-0.25, -0.2) is 6.57 Å². The third kappa shape index (κ3) is 4.27. The minimum atomic E-state index is -4.42. The van der Waals surface area contributed by atoms with Gasteiger partial charge in [-0.15, -0.1) is 0 Å². The van der Waals surface area contributed by atoms with Gasteiger partial charge in [-0.2, -0.15) is 18.4 Å². The van der Waals surface area contributed by atoms with E-state index in [4.69, 9.17) is 16.9 Å². The van der Waals surface area contributed by atoms with Crippen molar-refractivity contribution in [2.45, 2.75) is 37.6 Å². The zero-order valence-corrected chi connectivity index (χ0v) is 9.74. The average Bonchev–Trinajstić information content (AvgIpc) is 2.81. The van der Waals surface area contributed by atoms with E-state index in [1.807, 2.05) is 0 Å². The number of aromatic nitrogens is 1. The summed E-state index contributed by atoms with van der Waals surface area (Å²) in [7, 11) is 0. The lowest BCUT2D eigenvalue weighted by atomic mass is 9.90. The monoisotopic (exact) mass is 273 g/mol. The van der Waals surface area contributed by atoms with Crippen molar-refractivity contribution in [3.8, 4) is 6.07 Å². The molecule has 0 amide bonds. The van der Waals surface area contributed by atoms with Crippen LogP contribution in [0.3, 0.4) is 0 Å². The number of rotatable bonds is 5. The molecule has 19 heavy (non-hydrogen) atoms. The summed E-state index contributed by atoms with van der Waals surface area (Å²) >= 11 is 0. The predicted octanol–water partition coefficient (Wildman–Crippen LogP) is 2.23. The lowest BCUT2D eigenvalue weighted by Crippen LogP contribution is -2.28. The number of aliphatic hydroxyl groups excluding tert-OH is 1. The Labute approximate surface area is 107 Å². The lowest BCUT2D eigenvalue weighted by molar-refractivity contribution is -0.136. The number of nitrogens with zero attached hydrogens (tertiary/aromatic N) is 3. The fourth-order valence-electron chi connectivity index (χ4n) is 1.47. The fraction of sp³-hybridized carbons (Fsp3) is 0.545. The standard InChI is InChI=1S/C11H10F3N3O2/c1-16-10(7-15,2-3-11(12,13)14)5-8-4-9(6-18)19-17-8/h4,18H,2-3,5-6H2. The molecule has 0 fully saturated rings. The van der Waals surface area contributed by atoms with Crippen molar-refractivity contribution in [2.75, 3.05) is 0 Å². The van der Waals surface area contributed by atoms with Gasteiger partial charge >= 0.3 is 11.7 Å². The molecule has 0 saturated carbocycles. The molecule has 1 N–H and O–H groups in total. The Kier molecular flexibility index (Phi) is 4.52. The van der Waals surface area contributed by atoms with E-state index in [-0.39, 0.29) is 17.9 Å². The molecule has 1 aromatic heterocycles. The SMILES string of the molecule is [C-]#[N+]C(C#N)(CCC(F)(F)F)Cc1cc(CO)on1. The van der Waals surface area contributed by atoms with Gasteiger partial charge in [-0.1, -0.05) is 5.16 Å². The highest BCUT2D eigenvalue weighted by Gasteiger charge is 2.42. The number of hydrogen-bond donors (Lipinski definition) is 1. The van der Waals surface area contributed by atoms with Crippen molar-refractivity contribution >= 4 is 0 Å². The van der Waals surface area contributed by atoms with E-state index in [0.717, 1.165) is 0 Å². The van der Waals surface area contributed by atoms with Crippen molar-refractivity contribution in [3.63, 3.8) is 0 Å². The van der Waals surface area contributed by atoms with E-state index in [1.54, 1.807) is 6.07 Å². The molecule has 0 bridgehead atoms. The summed E-state index contributed by atoms with van der Waals surface area (Å²) in [6.45, 7) is 6.53. The van der Waals surface area contributed by atoms with E-state index in [1.165, 1.54) is 6.07 Å². The van der Waals surface area contributed by atoms with Crippen LogP contribution in [0.1, 0.15) is 24.3 Å². The van der Waals surface area contributed by atoms with Crippen LogP contribution in [-0.2, 0) is 13.0 Å². The third-order valence-corrected chi connectivity index (χ3v) is 2.48. The molecule has 1 aromatic rings. The Balaban J connectivity index is 2.83. The van der Waals surface area contributed by atoms with E-state index in [0.29, 0.717) is 0 Å². The number of halogens is 3. The summed E-state index contributed by atoms with van der Waals surface area (Å²) in [5.41, 5.74) is -1.65. The van der Waals surface area contributed by atoms with Crippen LogP contribution in [0.2, 0.25) is 0 Å². The van der Waals surface area contributed by atoms with Crippen LogP contribution in [0.5, 0.6) is 0 Å². The van der Waals surface area contributed by atoms with Gasteiger partial charge in [-0.05, 0) is 0 Å². The molecule has 1 unspecified atom stereocenters. The smallest absolute Gasteiger partial charge is 0.388 e. The van der Waals surface area contributed by atoms with Gasteiger partial charge in [0.25, 0.3) is 0 Å². The Morgan fingerprint density at radius 3 is 2.58 bits per heavy atom. The second kappa shape index (κ2) is 5.72. The Hall–Kier alpha value is -2.06. The van der Waals surface area contributed by atoms with Crippen molar-refractivity contribution in [3.05, 3.63) is 28.9 Å². The maximum atomic E-state index is 12.2. The van der Waals surface area contributed by atoms with Crippen LogP contribution in [-0.4, -0.2) is 22.0 Å². The van der Waals surface area contributed by atoms with Gasteiger partial charge in [0.2, 0.25) is 0 Å². The molecule has 102 valence electrons. The van der Waals surface area contributed by atoms with Gasteiger partial charge in [0.05, 0.1) is 18.5 Å². The predicted molar refractivity (Wildman–Crippen MR) is 56.4 cm³/mol. The highest BCUT2D eigenvalue weighted by atomic mass is 19.4. The fourth-order valence-corrected chi connectivity index (χ4v) is 1.47. The van der Waals surface area contributed by atoms with Gasteiger partial charge in [-0.3, -0.25) is 4.85 Å². The molecule has 0 saturated heterocycles. The zero-order valence-electron chi connectivity index (χ0n) is 9.74. The minimum Gasteiger partial charge on any atom is -0.388 e. The van der Waals surface area contributed by atoms with Crippen LogP contribution < -0.4 is 0 Å². The van der Waals surface area contributed by atoms with Gasteiger partial charge in [0, 0.05) is 12.5 Å². The van der Waals surface area contributed by atoms with E-state index in [9.17, 15) is 13.2 Å². The summed E-state index contributed by atoms with van der Waals surface area (Å²) in [5.74, 6) is 0.127. The minimum absolute atomic E-state index is 0.127. The highest BCUT2D eigenvalue weighted by Crippen LogP contribution is 2.30. The van der Waals surface area contributed by atoms with Crippen LogP contribution >= 0.6 is 0 Å². The highest BCUT2D eigenvalue weighted by molar-refractivity contribution is 5.22. The molecule has 0 aliphatic heterocycles. The third-order valence-electron chi connectivity index (χ3n) is 2.48. The second-order valence-electron chi connectivity index (χ2n) is 3.99. The first-order valence-electron chi connectivity index (χ1n) is 5.26. The van der Waals surface area contributed by atoms with Crippen LogP contribution in [0.15, 0.2) is 10.6 Å². The quantitative estimate of drug-likeness (QED) is 0.835. The van der Waals surface area contributed by atoms with Crippen LogP contribution in [0, 0.1) is 17.9 Å². The molecular weight excluding hydrogens is 263 g/mol. The van der Waals surface area contributed by atoms with E-state index in [2.05, 4.69) is 14.5 Å². The van der Waals surface area contributed by atoms with Crippen molar-refractivity contribution in [1.29, 1.82) is 5.26 Å². The molecule has 8 heteroatoms. The zero-order chi connectivity index (χ0) is 14.5. The molecule has 0 aromatic carbocycles. The van der Waals surface area contributed by atoms with Gasteiger partial charge < -0.3 is 9.63 Å². The van der Waals surface area contributed by atoms with E-state index < -0.39 is 31.2 Å². The largest absolute Gasteiger partial charge is 0.389 e. The summed E-state index contributed by atoms with van der Waals surface area (Å²) < 4.78 is 41.2. The summed E-state index contributed by atoms with van der Waals surface area (Å²) in [6.07, 6.45) is -6.54. The van der Waals surface area contributed by atoms with Crippen LogP contribution in [0.4, 0.5) is 13.2 Å². The number of hydrogen-bond acceptors (Lipinski definition) is 4. The second-order valence-corrected chi connectivity index (χ2v) is 3.99. The molecule has 5 nitrogen and oxygen atoms in total. The summed E-state index contributed by atoms with van der Waals surface area (Å²) in [5, 5.41) is 21.2. The number of nitriles is 1. The lowest BCUT2D eigenvalue weighted by Gasteiger charge is -2.14. The molecule has 0 aliphatic rings. The summed E-state index contributed by atoms with van der Waals surface area (Å²) in [6, 6.07) is 2.93. The number of alkyl halides is 3. The van der Waals surface area contributed by atoms with Crippen LogP contribution in [0.25, 0.3) is 4.85 Å². The molecule has 1 rings (SSSR count). The molecule has 0 radical (unpaired) electrons. The van der Waals surface area contributed by atoms with Crippen molar-refractivity contribution in [1.82, 2.24) is 5.16 Å². The summed E-state index contributed by atoms with van der Waals surface area (Å²) in [4.78, 5) is 3.02. The van der Waals surface area contributed by atoms with Gasteiger partial charge in [0.1, 0.15) is 6.61 Å². The first-order valence-corrected chi connectivity index (χ1v) is 5.26. The van der Waals surface area contributed by atoms with Crippen molar-refractivity contribution < 1.29 is 22.8 Å². The normalized spacial score (nSPS) is 14.4. The number of aliphatic hydroxyl groups is 1. The Bertz CT molecular complexity index is 496. The Morgan fingerprint density at radius 1 is 1.47 bits per heavy atom. The first-order chi connectivity index (χ1) is 8.84. The van der Waals surface area contributed by atoms with E-state index >= 15 is 0 Å². The molecule has 1 heterocycles. The molecule has 0 aliphatic carbocycles. The molecule has 0 spiro atoms. The molecular formula is C11H10F3N3O2. The Morgan fingerprint density at radius 2 is 2.16 bits per heavy atom. The average molecular weight is 273 g/mol. The maximum absolute atomic E-state index is 12.2. The van der Waals surface area contributed by atoms with Crippen molar-refractivity contribution in [2.24, 2.45) is 0 Å². The first kappa shape index (κ1) is 15.0. The molecule has 1 atom stereocenters.